The zero-order valence-electron chi connectivity index (χ0n) is 9.26. The molecule has 0 atom stereocenters. The van der Waals surface area contributed by atoms with E-state index in [1.54, 1.807) is 12.1 Å². The van der Waals surface area contributed by atoms with Crippen molar-refractivity contribution < 1.29 is 19.9 Å². The van der Waals surface area contributed by atoms with Crippen molar-refractivity contribution in [1.82, 2.24) is 15.0 Å². The van der Waals surface area contributed by atoms with Gasteiger partial charge in [0.1, 0.15) is 5.69 Å². The molecule has 0 spiro atoms. The minimum atomic E-state index is -1.51. The Morgan fingerprint density at radius 2 is 2.17 bits per heavy atom. The van der Waals surface area contributed by atoms with Gasteiger partial charge in [-0.1, -0.05) is 17.3 Å². The maximum absolute atomic E-state index is 10.8. The van der Waals surface area contributed by atoms with E-state index in [9.17, 15) is 4.79 Å². The van der Waals surface area contributed by atoms with Crippen molar-refractivity contribution >= 4 is 13.1 Å². The van der Waals surface area contributed by atoms with E-state index < -0.39 is 13.1 Å². The molecule has 0 saturated carbocycles. The van der Waals surface area contributed by atoms with E-state index in [1.165, 1.54) is 23.0 Å². The van der Waals surface area contributed by atoms with Gasteiger partial charge < -0.3 is 15.2 Å². The lowest BCUT2D eigenvalue weighted by atomic mass is 9.93. The summed E-state index contributed by atoms with van der Waals surface area (Å²) in [6, 6.07) is 6.27. The van der Waals surface area contributed by atoms with Gasteiger partial charge in [0, 0.05) is 5.56 Å². The van der Waals surface area contributed by atoms with Crippen molar-refractivity contribution in [2.75, 3.05) is 0 Å². The topological polar surface area (TPSA) is 108 Å². The smallest absolute Gasteiger partial charge is 0.474 e. The van der Waals surface area contributed by atoms with Crippen molar-refractivity contribution in [2.45, 2.75) is 6.44 Å². The standard InChI is InChI=1S/C10H10BN3O4/c15-10(16)8-3-1-2-7(4-8)9-5-14(13-12-9)6-11(17)18/h1-5,17-18H,6H2,(H,15,16). The number of benzene rings is 1. The van der Waals surface area contributed by atoms with Crippen LogP contribution in [0.3, 0.4) is 0 Å². The summed E-state index contributed by atoms with van der Waals surface area (Å²) in [6.45, 7) is 0. The maximum Gasteiger partial charge on any atom is 0.474 e. The van der Waals surface area contributed by atoms with E-state index in [1.807, 2.05) is 0 Å². The summed E-state index contributed by atoms with van der Waals surface area (Å²) in [4.78, 5) is 10.8. The quantitative estimate of drug-likeness (QED) is 0.637. The number of hydrogen-bond donors (Lipinski definition) is 3. The van der Waals surface area contributed by atoms with Crippen LogP contribution in [0.25, 0.3) is 11.3 Å². The molecule has 0 aliphatic rings. The molecule has 2 aromatic rings. The van der Waals surface area contributed by atoms with Crippen molar-refractivity contribution in [3.8, 4) is 11.3 Å². The summed E-state index contributed by atoms with van der Waals surface area (Å²) in [5, 5.41) is 34.0. The number of aromatic carboxylic acids is 1. The molecule has 18 heavy (non-hydrogen) atoms. The highest BCUT2D eigenvalue weighted by molar-refractivity contribution is 6.39. The number of rotatable bonds is 4. The monoisotopic (exact) mass is 247 g/mol. The van der Waals surface area contributed by atoms with E-state index in [0.29, 0.717) is 11.3 Å². The largest absolute Gasteiger partial charge is 0.478 e. The molecule has 92 valence electrons. The van der Waals surface area contributed by atoms with Crippen LogP contribution in [0.2, 0.25) is 0 Å². The third kappa shape index (κ3) is 2.73. The summed E-state index contributed by atoms with van der Waals surface area (Å²) in [7, 11) is -1.51. The molecule has 7 nitrogen and oxygen atoms in total. The predicted octanol–water partition coefficient (Wildman–Crippen LogP) is -0.345. The van der Waals surface area contributed by atoms with Gasteiger partial charge >= 0.3 is 13.1 Å². The Hall–Kier alpha value is -2.19. The van der Waals surface area contributed by atoms with E-state index >= 15 is 0 Å². The third-order valence-corrected chi connectivity index (χ3v) is 2.29. The molecule has 0 aliphatic heterocycles. The number of hydrogen-bond acceptors (Lipinski definition) is 5. The molecule has 8 heteroatoms. The minimum absolute atomic E-state index is 0.0916. The third-order valence-electron chi connectivity index (χ3n) is 2.29. The average Bonchev–Trinajstić information content (AvgIpc) is 2.77. The molecule has 1 heterocycles. The highest BCUT2D eigenvalue weighted by Crippen LogP contribution is 2.17. The second-order valence-electron chi connectivity index (χ2n) is 3.69. The molecular formula is C10H10BN3O4. The summed E-state index contributed by atoms with van der Waals surface area (Å²) in [5.74, 6) is -1.02. The molecular weight excluding hydrogens is 237 g/mol. The zero-order valence-corrected chi connectivity index (χ0v) is 9.26. The first-order valence-electron chi connectivity index (χ1n) is 5.16. The Morgan fingerprint density at radius 1 is 1.39 bits per heavy atom. The lowest BCUT2D eigenvalue weighted by molar-refractivity contribution is 0.0697. The van der Waals surface area contributed by atoms with Crippen LogP contribution in [-0.2, 0) is 6.44 Å². The van der Waals surface area contributed by atoms with Gasteiger partial charge in [0.05, 0.1) is 18.2 Å². The van der Waals surface area contributed by atoms with Crippen LogP contribution in [0, 0.1) is 0 Å². The summed E-state index contributed by atoms with van der Waals surface area (Å²) >= 11 is 0. The molecule has 0 fully saturated rings. The number of carbonyl (C=O) groups is 1. The van der Waals surface area contributed by atoms with Crippen LogP contribution in [0.4, 0.5) is 0 Å². The Labute approximate surface area is 102 Å². The van der Waals surface area contributed by atoms with Crippen molar-refractivity contribution in [3.63, 3.8) is 0 Å². The van der Waals surface area contributed by atoms with Crippen LogP contribution in [-0.4, -0.2) is 43.2 Å². The Balaban J connectivity index is 2.28. The van der Waals surface area contributed by atoms with Gasteiger partial charge in [-0.05, 0) is 12.1 Å². The van der Waals surface area contributed by atoms with Crippen molar-refractivity contribution in [2.24, 2.45) is 0 Å². The lowest BCUT2D eigenvalue weighted by Gasteiger charge is -1.98. The Morgan fingerprint density at radius 3 is 2.83 bits per heavy atom. The van der Waals surface area contributed by atoms with Crippen molar-refractivity contribution in [3.05, 3.63) is 36.0 Å². The van der Waals surface area contributed by atoms with E-state index in [4.69, 9.17) is 15.2 Å². The fourth-order valence-corrected chi connectivity index (χ4v) is 1.50. The molecule has 0 amide bonds. The van der Waals surface area contributed by atoms with E-state index in [2.05, 4.69) is 10.3 Å². The molecule has 0 radical (unpaired) electrons. The van der Waals surface area contributed by atoms with Crippen LogP contribution in [0.5, 0.6) is 0 Å². The van der Waals surface area contributed by atoms with Crippen LogP contribution in [0.15, 0.2) is 30.5 Å². The second kappa shape index (κ2) is 4.99. The average molecular weight is 247 g/mol. The van der Waals surface area contributed by atoms with Gasteiger partial charge in [0.15, 0.2) is 0 Å². The highest BCUT2D eigenvalue weighted by Gasteiger charge is 2.11. The first-order chi connectivity index (χ1) is 8.56. The number of aromatic nitrogens is 3. The van der Waals surface area contributed by atoms with Gasteiger partial charge in [0.2, 0.25) is 0 Å². The van der Waals surface area contributed by atoms with E-state index in [-0.39, 0.29) is 12.0 Å². The fourth-order valence-electron chi connectivity index (χ4n) is 1.50. The molecule has 0 unspecified atom stereocenters. The number of carboxylic acids is 1. The van der Waals surface area contributed by atoms with Gasteiger partial charge in [-0.25, -0.2) is 4.79 Å². The first kappa shape index (κ1) is 12.3. The highest BCUT2D eigenvalue weighted by atomic mass is 16.4. The molecule has 3 N–H and O–H groups in total. The molecule has 1 aromatic carbocycles. The fraction of sp³-hybridized carbons (Fsp3) is 0.100. The number of carboxylic acid groups (broad SMARTS) is 1. The van der Waals surface area contributed by atoms with Gasteiger partial charge in [-0.3, -0.25) is 4.68 Å². The minimum Gasteiger partial charge on any atom is -0.478 e. The zero-order chi connectivity index (χ0) is 13.1. The van der Waals surface area contributed by atoms with E-state index in [0.717, 1.165) is 0 Å². The summed E-state index contributed by atoms with van der Waals surface area (Å²) in [5.41, 5.74) is 1.23. The number of nitrogens with zero attached hydrogens (tertiary/aromatic N) is 3. The van der Waals surface area contributed by atoms with Crippen LogP contribution < -0.4 is 0 Å². The van der Waals surface area contributed by atoms with Gasteiger partial charge in [0.25, 0.3) is 0 Å². The summed E-state index contributed by atoms with van der Waals surface area (Å²) < 4.78 is 1.27. The second-order valence-corrected chi connectivity index (χ2v) is 3.69. The molecule has 0 bridgehead atoms. The molecule has 1 aromatic heterocycles. The predicted molar refractivity (Wildman–Crippen MR) is 62.6 cm³/mol. The van der Waals surface area contributed by atoms with Gasteiger partial charge in [-0.2, -0.15) is 0 Å². The molecule has 0 saturated heterocycles. The van der Waals surface area contributed by atoms with Gasteiger partial charge in [-0.15, -0.1) is 5.10 Å². The lowest BCUT2D eigenvalue weighted by Crippen LogP contribution is -2.20. The SMILES string of the molecule is O=C(O)c1cccc(-c2cn(CB(O)O)nn2)c1. The van der Waals surface area contributed by atoms with Crippen LogP contribution in [0.1, 0.15) is 10.4 Å². The van der Waals surface area contributed by atoms with Crippen LogP contribution >= 0.6 is 0 Å². The Bertz CT molecular complexity index is 570. The summed E-state index contributed by atoms with van der Waals surface area (Å²) in [6.07, 6.45) is 1.42. The maximum atomic E-state index is 10.8. The normalized spacial score (nSPS) is 10.3. The Kier molecular flexibility index (Phi) is 3.40. The molecule has 0 aliphatic carbocycles. The first-order valence-corrected chi connectivity index (χ1v) is 5.16. The molecule has 2 rings (SSSR count). The van der Waals surface area contributed by atoms with Crippen molar-refractivity contribution in [1.29, 1.82) is 0 Å².